The summed E-state index contributed by atoms with van der Waals surface area (Å²) in [5.41, 5.74) is 11.1. The van der Waals surface area contributed by atoms with Gasteiger partial charge in [-0.15, -0.1) is 0 Å². The summed E-state index contributed by atoms with van der Waals surface area (Å²) in [5.74, 6) is -5.99. The molecule has 0 aliphatic rings. The van der Waals surface area contributed by atoms with Gasteiger partial charge >= 0.3 is 11.9 Å². The van der Waals surface area contributed by atoms with Crippen molar-refractivity contribution < 1.29 is 44.1 Å². The van der Waals surface area contributed by atoms with Crippen LogP contribution in [0.4, 0.5) is 0 Å². The van der Waals surface area contributed by atoms with Gasteiger partial charge in [0.1, 0.15) is 23.9 Å². The summed E-state index contributed by atoms with van der Waals surface area (Å²) in [6, 6.07) is 0.471. The van der Waals surface area contributed by atoms with Crippen LogP contribution >= 0.6 is 0 Å². The van der Waals surface area contributed by atoms with E-state index < -0.39 is 72.6 Å². The molecule has 1 aromatic carbocycles. The highest BCUT2D eigenvalue weighted by Gasteiger charge is 2.30. The van der Waals surface area contributed by atoms with Gasteiger partial charge in [0.25, 0.3) is 0 Å². The van der Waals surface area contributed by atoms with E-state index in [0.29, 0.717) is 5.56 Å². The van der Waals surface area contributed by atoms with E-state index in [-0.39, 0.29) is 25.0 Å². The minimum atomic E-state index is -1.55. The number of hydrogen-bond acceptors (Lipinski definition) is 8. The number of carboxylic acid groups (broad SMARTS) is 2. The number of carbonyl (C=O) groups excluding carboxylic acids is 4. The molecule has 0 heterocycles. The monoisotopic (exact) mass is 509 g/mol. The predicted molar refractivity (Wildman–Crippen MR) is 124 cm³/mol. The lowest BCUT2D eigenvalue weighted by Crippen LogP contribution is -2.57. The fraction of sp³-hybridized carbons (Fsp3) is 0.455. The molecule has 198 valence electrons. The van der Waals surface area contributed by atoms with E-state index in [9.17, 15) is 39.0 Å². The van der Waals surface area contributed by atoms with Gasteiger partial charge in [-0.25, -0.2) is 4.79 Å². The number of benzene rings is 1. The number of nitrogens with one attached hydrogen (secondary N) is 3. The first kappa shape index (κ1) is 29.8. The first-order valence-corrected chi connectivity index (χ1v) is 11.0. The third-order valence-corrected chi connectivity index (χ3v) is 5.00. The Bertz CT molecular complexity index is 965. The van der Waals surface area contributed by atoms with Crippen LogP contribution in [0.15, 0.2) is 24.3 Å². The van der Waals surface area contributed by atoms with E-state index in [1.165, 1.54) is 31.2 Å². The number of nitrogens with two attached hydrogens (primary N) is 2. The Morgan fingerprint density at radius 3 is 1.81 bits per heavy atom. The third-order valence-electron chi connectivity index (χ3n) is 5.00. The van der Waals surface area contributed by atoms with Gasteiger partial charge in [0.2, 0.25) is 23.6 Å². The average molecular weight is 510 g/mol. The van der Waals surface area contributed by atoms with Crippen LogP contribution in [0, 0.1) is 0 Å². The highest BCUT2D eigenvalue weighted by molar-refractivity contribution is 5.94. The van der Waals surface area contributed by atoms with Crippen LogP contribution in [-0.4, -0.2) is 75.1 Å². The fourth-order valence-corrected chi connectivity index (χ4v) is 3.01. The molecule has 0 aliphatic heterocycles. The Morgan fingerprint density at radius 2 is 1.31 bits per heavy atom. The van der Waals surface area contributed by atoms with Gasteiger partial charge in [-0.2, -0.15) is 0 Å². The predicted octanol–water partition coefficient (Wildman–Crippen LogP) is -2.05. The maximum atomic E-state index is 13.0. The molecule has 4 amide bonds. The van der Waals surface area contributed by atoms with E-state index in [4.69, 9.17) is 16.6 Å². The van der Waals surface area contributed by atoms with Crippen molar-refractivity contribution in [2.75, 3.05) is 0 Å². The van der Waals surface area contributed by atoms with Crippen molar-refractivity contribution in [3.05, 3.63) is 29.8 Å². The second-order valence-corrected chi connectivity index (χ2v) is 8.12. The second-order valence-electron chi connectivity index (χ2n) is 8.12. The summed E-state index contributed by atoms with van der Waals surface area (Å²) in [6.07, 6.45) is -1.52. The SMILES string of the molecule is CC(N)C(=O)NC(CCC(N)=O)C(=O)NC(Cc1ccc(O)cc1)C(=O)NC(CCC(=O)O)C(=O)O. The molecule has 10 N–H and O–H groups in total. The van der Waals surface area contributed by atoms with Crippen molar-refractivity contribution in [2.24, 2.45) is 11.5 Å². The van der Waals surface area contributed by atoms with E-state index in [1.807, 2.05) is 0 Å². The first-order valence-electron chi connectivity index (χ1n) is 11.0. The molecule has 0 bridgehead atoms. The van der Waals surface area contributed by atoms with Gasteiger partial charge < -0.3 is 42.7 Å². The maximum Gasteiger partial charge on any atom is 0.326 e. The van der Waals surface area contributed by atoms with Gasteiger partial charge in [-0.05, 0) is 37.5 Å². The Balaban J connectivity index is 3.16. The topological polar surface area (TPSA) is 251 Å². The molecule has 1 aromatic rings. The van der Waals surface area contributed by atoms with E-state index in [1.54, 1.807) is 0 Å². The van der Waals surface area contributed by atoms with E-state index in [0.717, 1.165) is 0 Å². The number of primary amides is 1. The number of carboxylic acids is 2. The lowest BCUT2D eigenvalue weighted by atomic mass is 10.0. The highest BCUT2D eigenvalue weighted by Crippen LogP contribution is 2.12. The van der Waals surface area contributed by atoms with E-state index >= 15 is 0 Å². The number of rotatable bonds is 15. The number of hydrogen-bond donors (Lipinski definition) is 8. The van der Waals surface area contributed by atoms with Crippen LogP contribution < -0.4 is 27.4 Å². The normalized spacial score (nSPS) is 13.9. The zero-order chi connectivity index (χ0) is 27.4. The summed E-state index contributed by atoms with van der Waals surface area (Å²) in [5, 5.41) is 34.7. The number of aliphatic carboxylic acids is 2. The third kappa shape index (κ3) is 10.8. The molecule has 0 fully saturated rings. The molecule has 1 rings (SSSR count). The lowest BCUT2D eigenvalue weighted by Gasteiger charge is -2.25. The minimum Gasteiger partial charge on any atom is -0.508 e. The van der Waals surface area contributed by atoms with Crippen molar-refractivity contribution in [2.45, 2.75) is 63.2 Å². The van der Waals surface area contributed by atoms with Crippen LogP contribution in [0.25, 0.3) is 0 Å². The number of phenols is 1. The van der Waals surface area contributed by atoms with E-state index in [2.05, 4.69) is 16.0 Å². The molecule has 0 spiro atoms. The Morgan fingerprint density at radius 1 is 0.806 bits per heavy atom. The molecule has 0 aliphatic carbocycles. The quantitative estimate of drug-likeness (QED) is 0.128. The molecule has 4 atom stereocenters. The summed E-state index contributed by atoms with van der Waals surface area (Å²) < 4.78 is 0. The van der Waals surface area contributed by atoms with Crippen molar-refractivity contribution in [1.82, 2.24) is 16.0 Å². The largest absolute Gasteiger partial charge is 0.508 e. The van der Waals surface area contributed by atoms with Gasteiger partial charge in [0.05, 0.1) is 6.04 Å². The van der Waals surface area contributed by atoms with Crippen LogP contribution in [0.3, 0.4) is 0 Å². The number of phenolic OH excluding ortho intramolecular Hbond substituents is 1. The second kappa shape index (κ2) is 14.3. The molecule has 0 radical (unpaired) electrons. The van der Waals surface area contributed by atoms with Crippen molar-refractivity contribution in [3.8, 4) is 5.75 Å². The van der Waals surface area contributed by atoms with Crippen molar-refractivity contribution in [1.29, 1.82) is 0 Å². The van der Waals surface area contributed by atoms with Gasteiger partial charge in [-0.1, -0.05) is 12.1 Å². The molecule has 0 aromatic heterocycles. The molecule has 14 heteroatoms. The summed E-state index contributed by atoms with van der Waals surface area (Å²) in [6.45, 7) is 1.38. The fourth-order valence-electron chi connectivity index (χ4n) is 3.01. The minimum absolute atomic E-state index is 0.0477. The van der Waals surface area contributed by atoms with Crippen molar-refractivity contribution >= 4 is 35.6 Å². The molecule has 0 saturated heterocycles. The van der Waals surface area contributed by atoms with Crippen LogP contribution in [0.5, 0.6) is 5.75 Å². The Labute approximate surface area is 206 Å². The van der Waals surface area contributed by atoms with Gasteiger partial charge in [0, 0.05) is 19.3 Å². The first-order chi connectivity index (χ1) is 16.8. The number of aromatic hydroxyl groups is 1. The zero-order valence-corrected chi connectivity index (χ0v) is 19.6. The van der Waals surface area contributed by atoms with Crippen LogP contribution in [0.1, 0.15) is 38.2 Å². The van der Waals surface area contributed by atoms with Crippen molar-refractivity contribution in [3.63, 3.8) is 0 Å². The van der Waals surface area contributed by atoms with Crippen LogP contribution in [-0.2, 0) is 35.2 Å². The molecule has 4 unspecified atom stereocenters. The maximum absolute atomic E-state index is 13.0. The number of amides is 4. The Kier molecular flexibility index (Phi) is 11.8. The molecule has 14 nitrogen and oxygen atoms in total. The van der Waals surface area contributed by atoms with Gasteiger partial charge in [-0.3, -0.25) is 24.0 Å². The molecule has 0 saturated carbocycles. The summed E-state index contributed by atoms with van der Waals surface area (Å²) >= 11 is 0. The highest BCUT2D eigenvalue weighted by atomic mass is 16.4. The number of carbonyl (C=O) groups is 6. The standard InChI is InChI=1S/C22H31N5O9/c1-11(23)19(32)25-14(6-8-17(24)29)20(33)27-16(10-12-2-4-13(28)5-3-12)21(34)26-15(22(35)36)7-9-18(30)31/h2-5,11,14-16,28H,6-10,23H2,1H3,(H2,24,29)(H,25,32)(H,26,34)(H,27,33)(H,30,31)(H,35,36). The van der Waals surface area contributed by atoms with Crippen LogP contribution in [0.2, 0.25) is 0 Å². The Hall–Kier alpha value is -4.20. The zero-order valence-electron chi connectivity index (χ0n) is 19.6. The summed E-state index contributed by atoms with van der Waals surface area (Å²) in [7, 11) is 0. The summed E-state index contributed by atoms with van der Waals surface area (Å²) in [4.78, 5) is 71.5. The average Bonchev–Trinajstić information content (AvgIpc) is 2.79. The molecular weight excluding hydrogens is 478 g/mol. The smallest absolute Gasteiger partial charge is 0.326 e. The van der Waals surface area contributed by atoms with Gasteiger partial charge in [0.15, 0.2) is 0 Å². The molecule has 36 heavy (non-hydrogen) atoms. The molecular formula is C22H31N5O9. The lowest BCUT2D eigenvalue weighted by molar-refractivity contribution is -0.143.